The third kappa shape index (κ3) is 3.48. The Kier molecular flexibility index (Phi) is 4.36. The first kappa shape index (κ1) is 13.5. The zero-order valence-electron chi connectivity index (χ0n) is 10.8. The summed E-state index contributed by atoms with van der Waals surface area (Å²) in [5, 5.41) is 9.95. The van der Waals surface area contributed by atoms with Crippen LogP contribution < -0.4 is 0 Å². The molecule has 3 heteroatoms. The Labute approximate surface area is 98.2 Å². The molecule has 0 saturated heterocycles. The summed E-state index contributed by atoms with van der Waals surface area (Å²) in [4.78, 5) is 11.5. The fourth-order valence-electron chi connectivity index (χ4n) is 3.08. The van der Waals surface area contributed by atoms with Crippen molar-refractivity contribution in [2.75, 3.05) is 6.61 Å². The van der Waals surface area contributed by atoms with Crippen molar-refractivity contribution in [3.05, 3.63) is 0 Å². The summed E-state index contributed by atoms with van der Waals surface area (Å²) in [5.74, 6) is 0.160. The van der Waals surface area contributed by atoms with Crippen LogP contribution >= 0.6 is 0 Å². The molecule has 0 spiro atoms. The monoisotopic (exact) mass is 228 g/mol. The molecule has 0 aromatic heterocycles. The van der Waals surface area contributed by atoms with Crippen LogP contribution in [-0.4, -0.2) is 23.8 Å². The zero-order chi connectivity index (χ0) is 12.3. The molecule has 94 valence electrons. The molecule has 0 aromatic rings. The molecule has 1 saturated carbocycles. The van der Waals surface area contributed by atoms with E-state index in [1.807, 2.05) is 0 Å². The van der Waals surface area contributed by atoms with Crippen molar-refractivity contribution in [3.63, 3.8) is 0 Å². The maximum Gasteiger partial charge on any atom is 0.335 e. The molecule has 0 bridgehead atoms. The van der Waals surface area contributed by atoms with Crippen LogP contribution in [0, 0.1) is 17.3 Å². The van der Waals surface area contributed by atoms with E-state index in [2.05, 4.69) is 20.8 Å². The third-order valence-electron chi connectivity index (χ3n) is 3.40. The fourth-order valence-corrected chi connectivity index (χ4v) is 3.08. The van der Waals surface area contributed by atoms with Crippen LogP contribution in [0.25, 0.3) is 0 Å². The summed E-state index contributed by atoms with van der Waals surface area (Å²) in [7, 11) is 0. The van der Waals surface area contributed by atoms with E-state index in [-0.39, 0.29) is 11.3 Å². The second-order valence-corrected chi connectivity index (χ2v) is 5.87. The quantitative estimate of drug-likeness (QED) is 0.754. The van der Waals surface area contributed by atoms with Crippen molar-refractivity contribution in [1.29, 1.82) is 0 Å². The van der Waals surface area contributed by atoms with E-state index < -0.39 is 12.1 Å². The summed E-state index contributed by atoms with van der Waals surface area (Å²) in [6, 6.07) is 0. The van der Waals surface area contributed by atoms with Gasteiger partial charge in [0, 0.05) is 0 Å². The van der Waals surface area contributed by atoms with Gasteiger partial charge in [-0.3, -0.25) is 0 Å². The zero-order valence-corrected chi connectivity index (χ0v) is 10.8. The lowest BCUT2D eigenvalue weighted by Gasteiger charge is -2.40. The van der Waals surface area contributed by atoms with Crippen molar-refractivity contribution in [3.8, 4) is 0 Å². The molecule has 0 heterocycles. The van der Waals surface area contributed by atoms with E-state index in [0.717, 1.165) is 12.8 Å². The van der Waals surface area contributed by atoms with Crippen LogP contribution in [-0.2, 0) is 9.53 Å². The van der Waals surface area contributed by atoms with Crippen LogP contribution in [0.1, 0.15) is 47.0 Å². The molecule has 0 amide bonds. The second kappa shape index (κ2) is 5.17. The van der Waals surface area contributed by atoms with Crippen LogP contribution in [0.15, 0.2) is 0 Å². The molecule has 1 rings (SSSR count). The minimum atomic E-state index is -0.943. The average Bonchev–Trinajstić information content (AvgIpc) is 2.13. The Bertz CT molecular complexity index is 248. The largest absolute Gasteiger partial charge is 0.464 e. The van der Waals surface area contributed by atoms with Gasteiger partial charge in [0.2, 0.25) is 0 Å². The van der Waals surface area contributed by atoms with Crippen molar-refractivity contribution in [2.24, 2.45) is 17.3 Å². The summed E-state index contributed by atoms with van der Waals surface area (Å²) < 4.78 is 4.87. The van der Waals surface area contributed by atoms with Gasteiger partial charge in [-0.05, 0) is 43.4 Å². The maximum atomic E-state index is 11.5. The van der Waals surface area contributed by atoms with E-state index in [4.69, 9.17) is 4.74 Å². The fraction of sp³-hybridized carbons (Fsp3) is 0.923. The molecule has 16 heavy (non-hydrogen) atoms. The molecule has 1 aliphatic carbocycles. The molecule has 0 radical (unpaired) electrons. The molecule has 1 fully saturated rings. The van der Waals surface area contributed by atoms with Gasteiger partial charge in [0.05, 0.1) is 6.61 Å². The first-order chi connectivity index (χ1) is 7.35. The molecule has 3 nitrogen and oxygen atoms in total. The summed E-state index contributed by atoms with van der Waals surface area (Å²) in [5.41, 5.74) is 0.218. The van der Waals surface area contributed by atoms with Gasteiger partial charge in [0.25, 0.3) is 0 Å². The van der Waals surface area contributed by atoms with E-state index in [0.29, 0.717) is 12.5 Å². The number of hydrogen-bond acceptors (Lipinski definition) is 3. The lowest BCUT2D eigenvalue weighted by atomic mass is 9.66. The number of carbonyl (C=O) groups excluding carboxylic acids is 1. The molecule has 1 N–H and O–H groups in total. The first-order valence-electron chi connectivity index (χ1n) is 6.20. The lowest BCUT2D eigenvalue weighted by molar-refractivity contribution is -0.158. The third-order valence-corrected chi connectivity index (χ3v) is 3.40. The van der Waals surface area contributed by atoms with E-state index in [1.165, 1.54) is 6.42 Å². The number of rotatable bonds is 3. The molecule has 1 aliphatic rings. The SMILES string of the molecule is CCOC(=O)C(O)C1CC(C)CC(C)(C)C1. The van der Waals surface area contributed by atoms with Crippen molar-refractivity contribution < 1.29 is 14.6 Å². The molecular formula is C13H24O3. The Morgan fingerprint density at radius 2 is 2.12 bits per heavy atom. The number of hydrogen-bond donors (Lipinski definition) is 1. The van der Waals surface area contributed by atoms with Gasteiger partial charge < -0.3 is 9.84 Å². The Morgan fingerprint density at radius 1 is 1.50 bits per heavy atom. The lowest BCUT2D eigenvalue weighted by Crippen LogP contribution is -2.39. The number of aliphatic hydroxyl groups excluding tert-OH is 1. The van der Waals surface area contributed by atoms with Crippen LogP contribution in [0.5, 0.6) is 0 Å². The van der Waals surface area contributed by atoms with Gasteiger partial charge in [0.15, 0.2) is 6.10 Å². The minimum Gasteiger partial charge on any atom is -0.464 e. The van der Waals surface area contributed by atoms with Crippen molar-refractivity contribution >= 4 is 5.97 Å². The highest BCUT2D eigenvalue weighted by Gasteiger charge is 2.38. The first-order valence-corrected chi connectivity index (χ1v) is 6.20. The van der Waals surface area contributed by atoms with E-state index >= 15 is 0 Å². The highest BCUT2D eigenvalue weighted by atomic mass is 16.5. The number of esters is 1. The van der Waals surface area contributed by atoms with Gasteiger partial charge in [-0.15, -0.1) is 0 Å². The summed E-state index contributed by atoms with van der Waals surface area (Å²) in [6.07, 6.45) is 2.04. The Morgan fingerprint density at radius 3 is 2.62 bits per heavy atom. The second-order valence-electron chi connectivity index (χ2n) is 5.87. The minimum absolute atomic E-state index is 0.0535. The van der Waals surface area contributed by atoms with Crippen LogP contribution in [0.2, 0.25) is 0 Å². The number of carbonyl (C=O) groups is 1. The predicted octanol–water partition coefficient (Wildman–Crippen LogP) is 2.37. The molecule has 3 atom stereocenters. The van der Waals surface area contributed by atoms with Gasteiger partial charge in [-0.25, -0.2) is 4.79 Å². The van der Waals surface area contributed by atoms with E-state index in [1.54, 1.807) is 6.92 Å². The smallest absolute Gasteiger partial charge is 0.335 e. The van der Waals surface area contributed by atoms with Gasteiger partial charge in [-0.1, -0.05) is 20.8 Å². The normalized spacial score (nSPS) is 30.8. The number of aliphatic hydroxyl groups is 1. The average molecular weight is 228 g/mol. The van der Waals surface area contributed by atoms with Crippen molar-refractivity contribution in [1.82, 2.24) is 0 Å². The van der Waals surface area contributed by atoms with Crippen LogP contribution in [0.4, 0.5) is 0 Å². The predicted molar refractivity (Wildman–Crippen MR) is 62.9 cm³/mol. The van der Waals surface area contributed by atoms with Gasteiger partial charge in [-0.2, -0.15) is 0 Å². The highest BCUT2D eigenvalue weighted by Crippen LogP contribution is 2.42. The van der Waals surface area contributed by atoms with Crippen LogP contribution in [0.3, 0.4) is 0 Å². The van der Waals surface area contributed by atoms with Crippen molar-refractivity contribution in [2.45, 2.75) is 53.1 Å². The molecule has 0 aromatic carbocycles. The maximum absolute atomic E-state index is 11.5. The molecular weight excluding hydrogens is 204 g/mol. The topological polar surface area (TPSA) is 46.5 Å². The molecule has 0 aliphatic heterocycles. The summed E-state index contributed by atoms with van der Waals surface area (Å²) in [6.45, 7) is 8.69. The highest BCUT2D eigenvalue weighted by molar-refractivity contribution is 5.74. The molecule has 3 unspecified atom stereocenters. The van der Waals surface area contributed by atoms with E-state index in [9.17, 15) is 9.90 Å². The Hall–Kier alpha value is -0.570. The van der Waals surface area contributed by atoms with Gasteiger partial charge in [0.1, 0.15) is 0 Å². The standard InChI is InChI=1S/C13H24O3/c1-5-16-12(15)11(14)10-6-9(2)7-13(3,4)8-10/h9-11,14H,5-8H2,1-4H3. The van der Waals surface area contributed by atoms with Gasteiger partial charge >= 0.3 is 5.97 Å². The Balaban J connectivity index is 2.62. The number of ether oxygens (including phenoxy) is 1. The summed E-state index contributed by atoms with van der Waals surface area (Å²) >= 11 is 0.